The van der Waals surface area contributed by atoms with E-state index in [1.54, 1.807) is 6.92 Å². The topological polar surface area (TPSA) is 46.9 Å². The molecule has 4 heteroatoms. The third kappa shape index (κ3) is 2.25. The summed E-state index contributed by atoms with van der Waals surface area (Å²) in [6.45, 7) is 2.30. The number of nitrogens with one attached hydrogen (secondary N) is 1. The van der Waals surface area contributed by atoms with Crippen LogP contribution in [0, 0.1) is 11.8 Å². The Morgan fingerprint density at radius 1 is 1.75 bits per heavy atom. The normalized spacial score (nSPS) is 18.2. The molecule has 0 saturated heterocycles. The van der Waals surface area contributed by atoms with Crippen molar-refractivity contribution < 1.29 is 4.79 Å². The minimum absolute atomic E-state index is 0.199. The average Bonchev–Trinajstić information content (AvgIpc) is 2.75. The largest absolute Gasteiger partial charge is 0.343 e. The molecule has 84 valence electrons. The molecule has 2 heterocycles. The fourth-order valence-corrected chi connectivity index (χ4v) is 2.07. The highest BCUT2D eigenvalue weighted by Gasteiger charge is 2.19. The van der Waals surface area contributed by atoms with E-state index in [2.05, 4.69) is 26.7 Å². The van der Waals surface area contributed by atoms with Gasteiger partial charge >= 0.3 is 0 Å². The second kappa shape index (κ2) is 4.84. The molecular weight excluding hydrogens is 202 g/mol. The summed E-state index contributed by atoms with van der Waals surface area (Å²) in [4.78, 5) is 15.5. The molecule has 0 spiro atoms. The summed E-state index contributed by atoms with van der Waals surface area (Å²) >= 11 is 0. The molecule has 2 rings (SSSR count). The SMILES string of the molecule is CC#CC(=O)NCC1CCCc2nccn21. The van der Waals surface area contributed by atoms with E-state index in [0.29, 0.717) is 12.6 Å². The van der Waals surface area contributed by atoms with E-state index in [0.717, 1.165) is 25.1 Å². The maximum atomic E-state index is 11.2. The smallest absolute Gasteiger partial charge is 0.295 e. The Labute approximate surface area is 95.1 Å². The number of hydrogen-bond donors (Lipinski definition) is 1. The van der Waals surface area contributed by atoms with Gasteiger partial charge in [0.1, 0.15) is 5.82 Å². The number of carbonyl (C=O) groups excluding carboxylic acids is 1. The predicted octanol–water partition coefficient (Wildman–Crippen LogP) is 0.900. The number of fused-ring (bicyclic) bond motifs is 1. The maximum Gasteiger partial charge on any atom is 0.295 e. The molecule has 1 aliphatic heterocycles. The van der Waals surface area contributed by atoms with Gasteiger partial charge in [0.2, 0.25) is 0 Å². The molecule has 1 unspecified atom stereocenters. The van der Waals surface area contributed by atoms with Crippen LogP contribution in [0.3, 0.4) is 0 Å². The molecule has 0 aliphatic carbocycles. The molecule has 4 nitrogen and oxygen atoms in total. The van der Waals surface area contributed by atoms with Gasteiger partial charge in [0, 0.05) is 25.4 Å². The van der Waals surface area contributed by atoms with E-state index < -0.39 is 0 Å². The van der Waals surface area contributed by atoms with Crippen LogP contribution in [0.25, 0.3) is 0 Å². The zero-order valence-corrected chi connectivity index (χ0v) is 9.36. The van der Waals surface area contributed by atoms with Crippen LogP contribution in [0.4, 0.5) is 0 Å². The number of hydrogen-bond acceptors (Lipinski definition) is 2. The zero-order chi connectivity index (χ0) is 11.4. The summed E-state index contributed by atoms with van der Waals surface area (Å²) in [5.74, 6) is 5.98. The van der Waals surface area contributed by atoms with Crippen molar-refractivity contribution in [2.24, 2.45) is 0 Å². The second-order valence-electron chi connectivity index (χ2n) is 3.88. The number of carbonyl (C=O) groups is 1. The lowest BCUT2D eigenvalue weighted by atomic mass is 10.0. The number of amides is 1. The summed E-state index contributed by atoms with van der Waals surface area (Å²) < 4.78 is 2.16. The highest BCUT2D eigenvalue weighted by Crippen LogP contribution is 2.22. The third-order valence-electron chi connectivity index (χ3n) is 2.82. The Bertz CT molecular complexity index is 439. The van der Waals surface area contributed by atoms with E-state index >= 15 is 0 Å². The van der Waals surface area contributed by atoms with Gasteiger partial charge < -0.3 is 9.88 Å². The molecule has 0 aromatic carbocycles. The van der Waals surface area contributed by atoms with E-state index in [4.69, 9.17) is 0 Å². The molecule has 0 fully saturated rings. The van der Waals surface area contributed by atoms with Crippen molar-refractivity contribution >= 4 is 5.91 Å². The highest BCUT2D eigenvalue weighted by atomic mass is 16.1. The molecule has 1 N–H and O–H groups in total. The van der Waals surface area contributed by atoms with Crippen LogP contribution in [-0.2, 0) is 11.2 Å². The first-order valence-electron chi connectivity index (χ1n) is 5.53. The second-order valence-corrected chi connectivity index (χ2v) is 3.88. The standard InChI is InChI=1S/C12H15N3O/c1-2-4-12(16)14-9-10-5-3-6-11-13-7-8-15(10)11/h7-8,10H,3,5-6,9H2,1H3,(H,14,16). The van der Waals surface area contributed by atoms with Crippen molar-refractivity contribution in [2.45, 2.75) is 32.2 Å². The van der Waals surface area contributed by atoms with Gasteiger partial charge in [0.05, 0.1) is 6.04 Å². The summed E-state index contributed by atoms with van der Waals surface area (Å²) in [7, 11) is 0. The van der Waals surface area contributed by atoms with Crippen molar-refractivity contribution in [3.8, 4) is 11.8 Å². The average molecular weight is 217 g/mol. The lowest BCUT2D eigenvalue weighted by Gasteiger charge is -2.24. The van der Waals surface area contributed by atoms with E-state index in [1.165, 1.54) is 0 Å². The summed E-state index contributed by atoms with van der Waals surface area (Å²) in [5.41, 5.74) is 0. The van der Waals surface area contributed by atoms with Crippen molar-refractivity contribution in [1.29, 1.82) is 0 Å². The monoisotopic (exact) mass is 217 g/mol. The fraction of sp³-hybridized carbons (Fsp3) is 0.500. The van der Waals surface area contributed by atoms with Gasteiger partial charge in [-0.15, -0.1) is 0 Å². The molecule has 0 radical (unpaired) electrons. The summed E-state index contributed by atoms with van der Waals surface area (Å²) in [6.07, 6.45) is 7.06. The lowest BCUT2D eigenvalue weighted by Crippen LogP contribution is -2.32. The Kier molecular flexibility index (Phi) is 3.25. The highest BCUT2D eigenvalue weighted by molar-refractivity contribution is 5.93. The van der Waals surface area contributed by atoms with E-state index in [1.807, 2.05) is 12.4 Å². The summed E-state index contributed by atoms with van der Waals surface area (Å²) in [5, 5.41) is 2.82. The Hall–Kier alpha value is -1.76. The van der Waals surface area contributed by atoms with Crippen LogP contribution >= 0.6 is 0 Å². The first-order valence-corrected chi connectivity index (χ1v) is 5.53. The number of rotatable bonds is 2. The quantitative estimate of drug-likeness (QED) is 0.748. The molecule has 0 bridgehead atoms. The van der Waals surface area contributed by atoms with Gasteiger partial charge in [-0.25, -0.2) is 4.98 Å². The molecule has 1 aliphatic rings. The van der Waals surface area contributed by atoms with Crippen LogP contribution in [-0.4, -0.2) is 22.0 Å². The van der Waals surface area contributed by atoms with Gasteiger partial charge in [-0.05, 0) is 25.7 Å². The number of aryl methyl sites for hydroxylation is 1. The molecule has 1 atom stereocenters. The molecule has 0 saturated carbocycles. The molecule has 1 amide bonds. The van der Waals surface area contributed by atoms with Crippen LogP contribution in [0.1, 0.15) is 31.6 Å². The Balaban J connectivity index is 1.97. The molecule has 1 aromatic rings. The van der Waals surface area contributed by atoms with Gasteiger partial charge in [-0.3, -0.25) is 4.79 Å². The molecule has 16 heavy (non-hydrogen) atoms. The van der Waals surface area contributed by atoms with E-state index in [9.17, 15) is 4.79 Å². The first kappa shape index (κ1) is 10.7. The third-order valence-corrected chi connectivity index (χ3v) is 2.82. The van der Waals surface area contributed by atoms with E-state index in [-0.39, 0.29) is 5.91 Å². The molecule has 1 aromatic heterocycles. The van der Waals surface area contributed by atoms with Crippen LogP contribution < -0.4 is 5.32 Å². The van der Waals surface area contributed by atoms with Crippen molar-refractivity contribution in [2.75, 3.05) is 6.54 Å². The van der Waals surface area contributed by atoms with Crippen molar-refractivity contribution in [3.63, 3.8) is 0 Å². The Morgan fingerprint density at radius 2 is 2.62 bits per heavy atom. The number of nitrogens with zero attached hydrogens (tertiary/aromatic N) is 2. The summed E-state index contributed by atoms with van der Waals surface area (Å²) in [6, 6.07) is 0.328. The maximum absolute atomic E-state index is 11.2. The minimum atomic E-state index is -0.199. The Morgan fingerprint density at radius 3 is 3.44 bits per heavy atom. The molecular formula is C12H15N3O. The van der Waals surface area contributed by atoms with Gasteiger partial charge in [0.15, 0.2) is 0 Å². The van der Waals surface area contributed by atoms with Crippen molar-refractivity contribution in [3.05, 3.63) is 18.2 Å². The van der Waals surface area contributed by atoms with Crippen LogP contribution in [0.5, 0.6) is 0 Å². The lowest BCUT2D eigenvalue weighted by molar-refractivity contribution is -0.115. The van der Waals surface area contributed by atoms with Gasteiger partial charge in [-0.2, -0.15) is 0 Å². The zero-order valence-electron chi connectivity index (χ0n) is 9.36. The first-order chi connectivity index (χ1) is 7.81. The predicted molar refractivity (Wildman–Crippen MR) is 60.7 cm³/mol. The van der Waals surface area contributed by atoms with Crippen molar-refractivity contribution in [1.82, 2.24) is 14.9 Å². The van der Waals surface area contributed by atoms with Gasteiger partial charge in [0.25, 0.3) is 5.91 Å². The number of aromatic nitrogens is 2. The number of imidazole rings is 1. The minimum Gasteiger partial charge on any atom is -0.343 e. The van der Waals surface area contributed by atoms with Gasteiger partial charge in [-0.1, -0.05) is 5.92 Å². The van der Waals surface area contributed by atoms with Crippen LogP contribution in [0.2, 0.25) is 0 Å². The fourth-order valence-electron chi connectivity index (χ4n) is 2.07. The van der Waals surface area contributed by atoms with Crippen LogP contribution in [0.15, 0.2) is 12.4 Å².